The van der Waals surface area contributed by atoms with E-state index in [0.717, 1.165) is 0 Å². The molecule has 1 amide bonds. The lowest BCUT2D eigenvalue weighted by atomic mass is 10.1. The summed E-state index contributed by atoms with van der Waals surface area (Å²) in [5.74, 6) is -0.871. The topological polar surface area (TPSA) is 75.6 Å². The fourth-order valence-corrected chi connectivity index (χ4v) is 1.43. The molecule has 1 aromatic rings. The van der Waals surface area contributed by atoms with Crippen LogP contribution >= 0.6 is 0 Å². The van der Waals surface area contributed by atoms with Crippen LogP contribution in [0.5, 0.6) is 5.75 Å². The third kappa shape index (κ3) is 4.08. The molecule has 1 rings (SSSR count). The predicted molar refractivity (Wildman–Crippen MR) is 66.9 cm³/mol. The number of hydrogen-bond donors (Lipinski definition) is 2. The molecule has 0 fully saturated rings. The Morgan fingerprint density at radius 1 is 1.39 bits per heavy atom. The lowest BCUT2D eigenvalue weighted by molar-refractivity contribution is -0.123. The van der Waals surface area contributed by atoms with E-state index in [1.165, 1.54) is 6.07 Å². The Balaban J connectivity index is 2.66. The number of benzene rings is 1. The second-order valence-corrected chi connectivity index (χ2v) is 4.29. The number of hydrogen-bond acceptors (Lipinski definition) is 3. The Kier molecular flexibility index (Phi) is 4.71. The largest absolute Gasteiger partial charge is 0.484 e. The summed E-state index contributed by atoms with van der Waals surface area (Å²) in [5.41, 5.74) is 0.832. The van der Waals surface area contributed by atoms with E-state index in [1.807, 2.05) is 13.8 Å². The lowest BCUT2D eigenvalue weighted by Gasteiger charge is -2.10. The molecule has 0 atom stereocenters. The Labute approximate surface area is 106 Å². The third-order valence-corrected chi connectivity index (χ3v) is 2.26. The first-order chi connectivity index (χ1) is 8.40. The zero-order valence-electron chi connectivity index (χ0n) is 10.7. The van der Waals surface area contributed by atoms with Crippen LogP contribution in [-0.2, 0) is 4.79 Å². The van der Waals surface area contributed by atoms with Crippen molar-refractivity contribution in [3.05, 3.63) is 29.3 Å². The molecule has 98 valence electrons. The van der Waals surface area contributed by atoms with Gasteiger partial charge in [0.15, 0.2) is 6.61 Å². The first-order valence-corrected chi connectivity index (χ1v) is 5.66. The van der Waals surface area contributed by atoms with Crippen molar-refractivity contribution in [2.45, 2.75) is 26.8 Å². The summed E-state index contributed by atoms with van der Waals surface area (Å²) < 4.78 is 5.24. The summed E-state index contributed by atoms with van der Waals surface area (Å²) >= 11 is 0. The van der Waals surface area contributed by atoms with Gasteiger partial charge in [0.25, 0.3) is 5.91 Å². The van der Waals surface area contributed by atoms with Crippen molar-refractivity contribution in [1.29, 1.82) is 0 Å². The summed E-state index contributed by atoms with van der Waals surface area (Å²) in [6.07, 6.45) is 0. The first-order valence-electron chi connectivity index (χ1n) is 5.66. The van der Waals surface area contributed by atoms with Crippen LogP contribution in [0, 0.1) is 6.92 Å². The lowest BCUT2D eigenvalue weighted by Crippen LogP contribution is -2.34. The highest BCUT2D eigenvalue weighted by Crippen LogP contribution is 2.17. The van der Waals surface area contributed by atoms with Crippen molar-refractivity contribution in [2.24, 2.45) is 0 Å². The molecule has 0 aliphatic heterocycles. The van der Waals surface area contributed by atoms with Gasteiger partial charge in [-0.3, -0.25) is 4.79 Å². The van der Waals surface area contributed by atoms with E-state index in [9.17, 15) is 9.59 Å². The molecule has 0 saturated carbocycles. The normalized spacial score (nSPS) is 10.2. The number of carboxylic acid groups (broad SMARTS) is 1. The monoisotopic (exact) mass is 251 g/mol. The van der Waals surface area contributed by atoms with E-state index in [0.29, 0.717) is 11.3 Å². The van der Waals surface area contributed by atoms with E-state index >= 15 is 0 Å². The number of carboxylic acids is 1. The quantitative estimate of drug-likeness (QED) is 0.833. The maximum Gasteiger partial charge on any atom is 0.336 e. The van der Waals surface area contributed by atoms with E-state index in [4.69, 9.17) is 9.84 Å². The maximum atomic E-state index is 11.4. The van der Waals surface area contributed by atoms with E-state index in [2.05, 4.69) is 5.32 Å². The summed E-state index contributed by atoms with van der Waals surface area (Å²) in [5, 5.41) is 11.6. The van der Waals surface area contributed by atoms with Gasteiger partial charge in [-0.15, -0.1) is 0 Å². The minimum absolute atomic E-state index is 0.0497. The Bertz CT molecular complexity index is 454. The Hall–Kier alpha value is -2.04. The summed E-state index contributed by atoms with van der Waals surface area (Å²) in [6, 6.07) is 4.76. The third-order valence-electron chi connectivity index (χ3n) is 2.26. The van der Waals surface area contributed by atoms with Gasteiger partial charge in [0.05, 0.1) is 5.56 Å². The molecule has 0 heterocycles. The minimum atomic E-state index is -1.01. The second kappa shape index (κ2) is 6.05. The summed E-state index contributed by atoms with van der Waals surface area (Å²) in [7, 11) is 0. The number of nitrogens with one attached hydrogen (secondary N) is 1. The van der Waals surface area contributed by atoms with Gasteiger partial charge in [0.2, 0.25) is 0 Å². The number of amides is 1. The van der Waals surface area contributed by atoms with E-state index < -0.39 is 5.97 Å². The Morgan fingerprint density at radius 3 is 2.61 bits per heavy atom. The smallest absolute Gasteiger partial charge is 0.336 e. The molecule has 18 heavy (non-hydrogen) atoms. The van der Waals surface area contributed by atoms with E-state index in [-0.39, 0.29) is 24.1 Å². The molecule has 0 radical (unpaired) electrons. The van der Waals surface area contributed by atoms with Crippen LogP contribution in [0.3, 0.4) is 0 Å². The van der Waals surface area contributed by atoms with Crippen LogP contribution in [0.2, 0.25) is 0 Å². The van der Waals surface area contributed by atoms with Crippen molar-refractivity contribution in [3.63, 3.8) is 0 Å². The highest BCUT2D eigenvalue weighted by atomic mass is 16.5. The number of carbonyl (C=O) groups is 2. The van der Waals surface area contributed by atoms with Crippen LogP contribution < -0.4 is 10.1 Å². The number of carbonyl (C=O) groups excluding carboxylic acids is 1. The van der Waals surface area contributed by atoms with Crippen LogP contribution in [0.25, 0.3) is 0 Å². The second-order valence-electron chi connectivity index (χ2n) is 4.29. The molecule has 5 heteroatoms. The van der Waals surface area contributed by atoms with Gasteiger partial charge >= 0.3 is 5.97 Å². The average Bonchev–Trinajstić information content (AvgIpc) is 2.26. The molecule has 0 aliphatic rings. The number of ether oxygens (including phenoxy) is 1. The molecule has 0 spiro atoms. The van der Waals surface area contributed by atoms with Gasteiger partial charge < -0.3 is 15.2 Å². The van der Waals surface area contributed by atoms with Gasteiger partial charge in [0.1, 0.15) is 5.75 Å². The molecule has 1 aromatic carbocycles. The molecule has 0 bridgehead atoms. The summed E-state index contributed by atoms with van der Waals surface area (Å²) in [6.45, 7) is 5.29. The standard InChI is InChI=1S/C13H17NO4/c1-8(2)14-12(15)7-18-10-5-4-9(3)11(6-10)13(16)17/h4-6,8H,7H2,1-3H3,(H,14,15)(H,16,17). The van der Waals surface area contributed by atoms with Gasteiger partial charge in [-0.05, 0) is 38.5 Å². The Morgan fingerprint density at radius 2 is 2.06 bits per heavy atom. The molecule has 2 N–H and O–H groups in total. The van der Waals surface area contributed by atoms with Crippen LogP contribution in [0.4, 0.5) is 0 Å². The first kappa shape index (κ1) is 14.0. The molecule has 0 aromatic heterocycles. The predicted octanol–water partition coefficient (Wildman–Crippen LogP) is 1.60. The van der Waals surface area contributed by atoms with Crippen molar-refractivity contribution in [3.8, 4) is 5.75 Å². The van der Waals surface area contributed by atoms with Crippen molar-refractivity contribution >= 4 is 11.9 Å². The van der Waals surface area contributed by atoms with Gasteiger partial charge in [0, 0.05) is 6.04 Å². The van der Waals surface area contributed by atoms with Crippen molar-refractivity contribution in [1.82, 2.24) is 5.32 Å². The fourth-order valence-electron chi connectivity index (χ4n) is 1.43. The van der Waals surface area contributed by atoms with Crippen LogP contribution in [0.15, 0.2) is 18.2 Å². The summed E-state index contributed by atoms with van der Waals surface area (Å²) in [4.78, 5) is 22.3. The number of aromatic carboxylic acids is 1. The zero-order chi connectivity index (χ0) is 13.7. The molecule has 0 aliphatic carbocycles. The average molecular weight is 251 g/mol. The van der Waals surface area contributed by atoms with Crippen molar-refractivity contribution < 1.29 is 19.4 Å². The highest BCUT2D eigenvalue weighted by Gasteiger charge is 2.09. The minimum Gasteiger partial charge on any atom is -0.484 e. The molecular formula is C13H17NO4. The highest BCUT2D eigenvalue weighted by molar-refractivity contribution is 5.89. The molecular weight excluding hydrogens is 234 g/mol. The molecule has 0 saturated heterocycles. The van der Waals surface area contributed by atoms with Crippen LogP contribution in [-0.4, -0.2) is 29.6 Å². The van der Waals surface area contributed by atoms with Gasteiger partial charge in [-0.25, -0.2) is 4.79 Å². The number of aryl methyl sites for hydroxylation is 1. The molecule has 0 unspecified atom stereocenters. The van der Waals surface area contributed by atoms with Gasteiger partial charge in [-0.1, -0.05) is 6.07 Å². The molecule has 5 nitrogen and oxygen atoms in total. The number of rotatable bonds is 5. The SMILES string of the molecule is Cc1ccc(OCC(=O)NC(C)C)cc1C(=O)O. The maximum absolute atomic E-state index is 11.4. The van der Waals surface area contributed by atoms with Gasteiger partial charge in [-0.2, -0.15) is 0 Å². The van der Waals surface area contributed by atoms with E-state index in [1.54, 1.807) is 19.1 Å². The zero-order valence-corrected chi connectivity index (χ0v) is 10.7. The van der Waals surface area contributed by atoms with Crippen molar-refractivity contribution in [2.75, 3.05) is 6.61 Å². The van der Waals surface area contributed by atoms with Crippen LogP contribution in [0.1, 0.15) is 29.8 Å². The fraction of sp³-hybridized carbons (Fsp3) is 0.385.